The van der Waals surface area contributed by atoms with Crippen LogP contribution in [0.15, 0.2) is 34.7 Å². The molecule has 2 unspecified atom stereocenters. The third kappa shape index (κ3) is 2.76. The fourth-order valence-corrected chi connectivity index (χ4v) is 4.47. The number of fused-ring (bicyclic) bond motifs is 2. The van der Waals surface area contributed by atoms with Crippen LogP contribution in [-0.4, -0.2) is 18.8 Å². The van der Waals surface area contributed by atoms with E-state index in [1.165, 1.54) is 12.1 Å². The van der Waals surface area contributed by atoms with Crippen molar-refractivity contribution in [3.05, 3.63) is 35.4 Å². The van der Waals surface area contributed by atoms with Crippen LogP contribution in [0.4, 0.5) is 0 Å². The van der Waals surface area contributed by atoms with Crippen molar-refractivity contribution in [1.82, 2.24) is 0 Å². The zero-order chi connectivity index (χ0) is 16.3. The van der Waals surface area contributed by atoms with Gasteiger partial charge in [-0.3, -0.25) is 4.79 Å². The second-order valence-electron chi connectivity index (χ2n) is 7.10. The van der Waals surface area contributed by atoms with Gasteiger partial charge in [0.2, 0.25) is 0 Å². The SMILES string of the molecule is CC12CCC(C(=Cc3ccc(S(=O)(=O)[O-])cc3)C1=O)C2(C)C.[Na+]. The van der Waals surface area contributed by atoms with Crippen LogP contribution in [0.3, 0.4) is 0 Å². The summed E-state index contributed by atoms with van der Waals surface area (Å²) in [5.41, 5.74) is 1.23. The summed E-state index contributed by atoms with van der Waals surface area (Å²) in [5.74, 6) is 0.446. The van der Waals surface area contributed by atoms with E-state index in [2.05, 4.69) is 13.8 Å². The minimum absolute atomic E-state index is 0. The molecule has 1 aromatic rings. The van der Waals surface area contributed by atoms with Gasteiger partial charge in [0, 0.05) is 5.41 Å². The molecule has 0 aromatic heterocycles. The Morgan fingerprint density at radius 2 is 1.74 bits per heavy atom. The molecule has 4 nitrogen and oxygen atoms in total. The van der Waals surface area contributed by atoms with E-state index in [0.29, 0.717) is 0 Å². The molecule has 0 saturated heterocycles. The van der Waals surface area contributed by atoms with E-state index in [1.807, 2.05) is 13.0 Å². The fraction of sp³-hybridized carbons (Fsp3) is 0.471. The van der Waals surface area contributed by atoms with Crippen LogP contribution in [0.1, 0.15) is 39.2 Å². The normalized spacial score (nSPS) is 30.5. The molecule has 2 atom stereocenters. The van der Waals surface area contributed by atoms with Crippen LogP contribution in [0.2, 0.25) is 0 Å². The zero-order valence-electron chi connectivity index (χ0n) is 13.9. The topological polar surface area (TPSA) is 74.3 Å². The first-order valence-electron chi connectivity index (χ1n) is 7.40. The number of carbonyl (C=O) groups excluding carboxylic acids is 1. The van der Waals surface area contributed by atoms with Crippen molar-refractivity contribution in [2.24, 2.45) is 16.7 Å². The maximum Gasteiger partial charge on any atom is 1.00 e. The molecule has 2 aliphatic rings. The molecular formula is C17H19NaO4S. The Bertz CT molecular complexity index is 777. The minimum atomic E-state index is -4.43. The summed E-state index contributed by atoms with van der Waals surface area (Å²) >= 11 is 0. The first-order valence-corrected chi connectivity index (χ1v) is 8.80. The van der Waals surface area contributed by atoms with Crippen molar-refractivity contribution >= 4 is 22.0 Å². The maximum absolute atomic E-state index is 12.7. The second-order valence-corrected chi connectivity index (χ2v) is 8.48. The van der Waals surface area contributed by atoms with Crippen LogP contribution >= 0.6 is 0 Å². The van der Waals surface area contributed by atoms with Gasteiger partial charge < -0.3 is 4.55 Å². The van der Waals surface area contributed by atoms with Crippen LogP contribution < -0.4 is 29.6 Å². The van der Waals surface area contributed by atoms with Gasteiger partial charge in [0.15, 0.2) is 5.78 Å². The Balaban J connectivity index is 0.00000192. The van der Waals surface area contributed by atoms with Gasteiger partial charge in [-0.1, -0.05) is 32.9 Å². The summed E-state index contributed by atoms with van der Waals surface area (Å²) in [6, 6.07) is 5.73. The molecule has 23 heavy (non-hydrogen) atoms. The van der Waals surface area contributed by atoms with E-state index in [9.17, 15) is 17.8 Å². The number of allylic oxidation sites excluding steroid dienone is 1. The van der Waals surface area contributed by atoms with Crippen molar-refractivity contribution in [2.75, 3.05) is 0 Å². The zero-order valence-corrected chi connectivity index (χ0v) is 16.7. The number of Topliss-reactive ketones (excluding diaryl/α,β-unsaturated/α-hetero) is 1. The third-order valence-corrected chi connectivity index (χ3v) is 6.71. The van der Waals surface area contributed by atoms with Crippen LogP contribution in [0, 0.1) is 16.7 Å². The van der Waals surface area contributed by atoms with E-state index in [4.69, 9.17) is 0 Å². The summed E-state index contributed by atoms with van der Waals surface area (Å²) in [7, 11) is -4.43. The predicted molar refractivity (Wildman–Crippen MR) is 82.0 cm³/mol. The number of benzene rings is 1. The van der Waals surface area contributed by atoms with Crippen LogP contribution in [0.25, 0.3) is 6.08 Å². The summed E-state index contributed by atoms with van der Waals surface area (Å²) in [5, 5.41) is 0. The van der Waals surface area contributed by atoms with E-state index < -0.39 is 10.1 Å². The molecule has 6 heteroatoms. The first kappa shape index (κ1) is 18.9. The van der Waals surface area contributed by atoms with Crippen LogP contribution in [0.5, 0.6) is 0 Å². The molecule has 0 heterocycles. The molecular weight excluding hydrogens is 323 g/mol. The molecule has 2 fully saturated rings. The molecule has 0 spiro atoms. The third-order valence-electron chi connectivity index (χ3n) is 5.86. The Kier molecular flexibility index (Phi) is 4.77. The molecule has 2 aliphatic carbocycles. The van der Waals surface area contributed by atoms with Crippen molar-refractivity contribution in [3.63, 3.8) is 0 Å². The average molecular weight is 342 g/mol. The van der Waals surface area contributed by atoms with Gasteiger partial charge in [-0.15, -0.1) is 0 Å². The quantitative estimate of drug-likeness (QED) is 0.431. The molecule has 0 N–H and O–H groups in total. The molecule has 3 rings (SSSR count). The van der Waals surface area contributed by atoms with E-state index in [0.717, 1.165) is 24.0 Å². The van der Waals surface area contributed by atoms with Crippen molar-refractivity contribution in [3.8, 4) is 0 Å². The minimum Gasteiger partial charge on any atom is -0.744 e. The van der Waals surface area contributed by atoms with E-state index >= 15 is 0 Å². The Morgan fingerprint density at radius 3 is 2.17 bits per heavy atom. The summed E-state index contributed by atoms with van der Waals surface area (Å²) in [4.78, 5) is 12.5. The smallest absolute Gasteiger partial charge is 0.744 e. The molecule has 0 aliphatic heterocycles. The summed E-state index contributed by atoms with van der Waals surface area (Å²) in [6.07, 6.45) is 3.78. The number of hydrogen-bond acceptors (Lipinski definition) is 4. The van der Waals surface area contributed by atoms with Gasteiger partial charge in [-0.2, -0.15) is 0 Å². The molecule has 0 radical (unpaired) electrons. The number of ketones is 1. The largest absolute Gasteiger partial charge is 1.00 e. The van der Waals surface area contributed by atoms with Gasteiger partial charge in [-0.25, -0.2) is 8.42 Å². The van der Waals surface area contributed by atoms with Crippen molar-refractivity contribution in [2.45, 2.75) is 38.5 Å². The number of carbonyl (C=O) groups is 1. The van der Waals surface area contributed by atoms with E-state index in [-0.39, 0.29) is 57.0 Å². The maximum atomic E-state index is 12.7. The monoisotopic (exact) mass is 342 g/mol. The average Bonchev–Trinajstić information content (AvgIpc) is 2.73. The molecule has 118 valence electrons. The Hall–Kier alpha value is -0.460. The fourth-order valence-electron chi connectivity index (χ4n) is 4.00. The standard InChI is InChI=1S/C17H20O4S.Na/c1-16(2)14-8-9-17(16,3)15(18)13(14)10-11-4-6-12(7-5-11)22(19,20)21;/h4-7,10,14H,8-9H2,1-3H3,(H,19,20,21);/q;+1/p-1. The number of rotatable bonds is 2. The van der Waals surface area contributed by atoms with Crippen LogP contribution in [-0.2, 0) is 14.9 Å². The van der Waals surface area contributed by atoms with Gasteiger partial charge in [0.25, 0.3) is 0 Å². The molecule has 0 amide bonds. The second kappa shape index (κ2) is 5.81. The van der Waals surface area contributed by atoms with Gasteiger partial charge in [-0.05, 0) is 53.5 Å². The van der Waals surface area contributed by atoms with Gasteiger partial charge >= 0.3 is 29.6 Å². The summed E-state index contributed by atoms with van der Waals surface area (Å²) in [6.45, 7) is 6.34. The molecule has 1 aromatic carbocycles. The van der Waals surface area contributed by atoms with E-state index in [1.54, 1.807) is 12.1 Å². The first-order chi connectivity index (χ1) is 10.1. The molecule has 2 saturated carbocycles. The number of hydrogen-bond donors (Lipinski definition) is 0. The van der Waals surface area contributed by atoms with Gasteiger partial charge in [0.05, 0.1) is 4.90 Å². The van der Waals surface area contributed by atoms with Crippen molar-refractivity contribution in [1.29, 1.82) is 0 Å². The Labute approximate surface area is 159 Å². The predicted octanol–water partition coefficient (Wildman–Crippen LogP) is 0.00330. The van der Waals surface area contributed by atoms with Gasteiger partial charge in [0.1, 0.15) is 10.1 Å². The Morgan fingerprint density at radius 1 is 1.17 bits per heavy atom. The van der Waals surface area contributed by atoms with Crippen molar-refractivity contribution < 1.29 is 47.3 Å². The summed E-state index contributed by atoms with van der Waals surface area (Å²) < 4.78 is 32.8. The molecule has 2 bridgehead atoms.